The minimum atomic E-state index is -0.302. The molecular weight excluding hydrogens is 186 g/mol. The first-order chi connectivity index (χ1) is 6.08. The maximum Gasteiger partial charge on any atom is 0.180 e. The van der Waals surface area contributed by atoms with Gasteiger partial charge in [0.1, 0.15) is 13.1 Å². The van der Waals surface area contributed by atoms with Gasteiger partial charge in [0.15, 0.2) is 11.8 Å². The maximum absolute atomic E-state index is 11.0. The molecule has 0 unspecified atom stereocenters. The van der Waals surface area contributed by atoms with Crippen LogP contribution in [-0.4, -0.2) is 48.3 Å². The van der Waals surface area contributed by atoms with E-state index in [2.05, 4.69) is 6.26 Å². The molecule has 0 saturated carbocycles. The Bertz CT molecular complexity index is 188. The van der Waals surface area contributed by atoms with E-state index in [1.807, 2.05) is 13.8 Å². The van der Waals surface area contributed by atoms with Crippen LogP contribution in [0, 0.1) is 0 Å². The summed E-state index contributed by atoms with van der Waals surface area (Å²) in [5, 5.41) is 0. The molecule has 1 rings (SSSR count). The van der Waals surface area contributed by atoms with Gasteiger partial charge in [0, 0.05) is 6.26 Å². The van der Waals surface area contributed by atoms with Gasteiger partial charge in [-0.15, -0.1) is 0 Å². The quantitative estimate of drug-likeness (QED) is 0.391. The van der Waals surface area contributed by atoms with Gasteiger partial charge in [-0.25, -0.2) is 3.89 Å². The van der Waals surface area contributed by atoms with Crippen molar-refractivity contribution in [2.75, 3.05) is 32.6 Å². The van der Waals surface area contributed by atoms with Crippen LogP contribution in [0.3, 0.4) is 0 Å². The van der Waals surface area contributed by atoms with Crippen molar-refractivity contribution in [2.45, 2.75) is 19.4 Å². The molecule has 4 heteroatoms. The first-order valence-corrected chi connectivity index (χ1v) is 5.73. The Kier molecular flexibility index (Phi) is 3.38. The van der Waals surface area contributed by atoms with E-state index in [1.165, 1.54) is 0 Å². The molecule has 3 nitrogen and oxygen atoms in total. The molecule has 0 atom stereocenters. The number of hydrogen-bond acceptors (Lipinski definition) is 3. The van der Waals surface area contributed by atoms with Crippen molar-refractivity contribution in [3.05, 3.63) is 0 Å². The number of morpholine rings is 1. The fourth-order valence-electron chi connectivity index (χ4n) is 1.73. The average Bonchev–Trinajstić information content (AvgIpc) is 2.18. The maximum atomic E-state index is 11.0. The highest BCUT2D eigenvalue weighted by Crippen LogP contribution is 2.33. The van der Waals surface area contributed by atoms with Crippen LogP contribution in [0.15, 0.2) is 0 Å². The summed E-state index contributed by atoms with van der Waals surface area (Å²) in [6, 6.07) is 0. The number of hydrogen-bond donors (Lipinski definition) is 0. The van der Waals surface area contributed by atoms with Crippen LogP contribution >= 0.6 is 11.9 Å². The minimum Gasteiger partial charge on any atom is -0.370 e. The molecule has 1 aliphatic heterocycles. The number of quaternary nitrogens is 1. The molecule has 0 aromatic carbocycles. The number of nitrogens with zero attached hydrogens (tertiary/aromatic N) is 1. The van der Waals surface area contributed by atoms with Crippen LogP contribution in [0.25, 0.3) is 0 Å². The Balaban J connectivity index is 2.84. The van der Waals surface area contributed by atoms with Crippen molar-refractivity contribution < 1.29 is 13.4 Å². The summed E-state index contributed by atoms with van der Waals surface area (Å²) in [4.78, 5) is 11.0. The van der Waals surface area contributed by atoms with Crippen molar-refractivity contribution in [3.8, 4) is 0 Å². The Morgan fingerprint density at radius 2 is 1.92 bits per heavy atom. The smallest absolute Gasteiger partial charge is 0.180 e. The zero-order valence-electron chi connectivity index (χ0n) is 8.58. The molecule has 1 fully saturated rings. The van der Waals surface area contributed by atoms with Crippen LogP contribution < -0.4 is 0 Å². The average molecular weight is 204 g/mol. The summed E-state index contributed by atoms with van der Waals surface area (Å²) in [5.74, 6) is 0. The lowest BCUT2D eigenvalue weighted by Gasteiger charge is -2.46. The van der Waals surface area contributed by atoms with Gasteiger partial charge in [-0.05, 0) is 13.8 Å². The summed E-state index contributed by atoms with van der Waals surface area (Å²) >= 11 is 1.75. The molecule has 0 N–H and O–H groups in total. The third kappa shape index (κ3) is 1.90. The first kappa shape index (κ1) is 11.0. The molecule has 1 saturated heterocycles. The number of carbonyl (C=O) groups is 1. The summed E-state index contributed by atoms with van der Waals surface area (Å²) in [5.41, 5.74) is -0.302. The molecule has 1 heterocycles. The fraction of sp³-hybridized carbons (Fsp3) is 0.889. The highest BCUT2D eigenvalue weighted by Gasteiger charge is 2.45. The van der Waals surface area contributed by atoms with Gasteiger partial charge in [0.05, 0.1) is 25.2 Å². The van der Waals surface area contributed by atoms with Crippen LogP contribution in [0.2, 0.25) is 0 Å². The van der Waals surface area contributed by atoms with Gasteiger partial charge in [-0.1, -0.05) is 0 Å². The molecule has 0 aromatic heterocycles. The van der Waals surface area contributed by atoms with Gasteiger partial charge in [-0.2, -0.15) is 0 Å². The highest BCUT2D eigenvalue weighted by molar-refractivity contribution is 7.93. The molecule has 0 radical (unpaired) electrons. The van der Waals surface area contributed by atoms with Crippen LogP contribution in [-0.2, 0) is 9.53 Å². The van der Waals surface area contributed by atoms with E-state index in [-0.39, 0.29) is 5.54 Å². The van der Waals surface area contributed by atoms with E-state index in [0.717, 1.165) is 36.5 Å². The molecule has 13 heavy (non-hydrogen) atoms. The van der Waals surface area contributed by atoms with Gasteiger partial charge in [-0.3, -0.25) is 4.79 Å². The number of aldehydes is 1. The molecule has 76 valence electrons. The standard InChI is InChI=1S/C9H18NO2S/c1-9(2,8-11)10(13-3)4-6-12-7-5-10/h8H,4-7H2,1-3H3/q+1. The molecule has 0 aliphatic carbocycles. The summed E-state index contributed by atoms with van der Waals surface area (Å²) in [6.45, 7) is 7.37. The Labute approximate surface area is 84.2 Å². The van der Waals surface area contributed by atoms with Crippen molar-refractivity contribution in [1.82, 2.24) is 0 Å². The third-order valence-corrected chi connectivity index (χ3v) is 4.42. The van der Waals surface area contributed by atoms with Crippen molar-refractivity contribution in [1.29, 1.82) is 0 Å². The first-order valence-electron chi connectivity index (χ1n) is 4.55. The van der Waals surface area contributed by atoms with E-state index in [1.54, 1.807) is 11.9 Å². The zero-order chi connectivity index (χ0) is 9.95. The van der Waals surface area contributed by atoms with Crippen LogP contribution in [0.1, 0.15) is 13.8 Å². The third-order valence-electron chi connectivity index (χ3n) is 2.88. The van der Waals surface area contributed by atoms with E-state index < -0.39 is 0 Å². The molecule has 1 aliphatic rings. The van der Waals surface area contributed by atoms with Gasteiger partial charge in [0.2, 0.25) is 0 Å². The highest BCUT2D eigenvalue weighted by atomic mass is 32.2. The van der Waals surface area contributed by atoms with E-state index in [4.69, 9.17) is 4.74 Å². The zero-order valence-corrected chi connectivity index (χ0v) is 9.39. The summed E-state index contributed by atoms with van der Waals surface area (Å²) in [6.07, 6.45) is 3.13. The SMILES string of the molecule is CS[N+]1(C(C)(C)C=O)CCOCC1. The lowest BCUT2D eigenvalue weighted by atomic mass is 10.0. The van der Waals surface area contributed by atoms with E-state index >= 15 is 0 Å². The van der Waals surface area contributed by atoms with Crippen molar-refractivity contribution in [2.24, 2.45) is 0 Å². The number of carbonyl (C=O) groups excluding carboxylic acids is 1. The van der Waals surface area contributed by atoms with Gasteiger partial charge >= 0.3 is 0 Å². The predicted octanol–water partition coefficient (Wildman–Crippen LogP) is 1.09. The van der Waals surface area contributed by atoms with Crippen LogP contribution in [0.5, 0.6) is 0 Å². The molecule has 0 amide bonds. The van der Waals surface area contributed by atoms with Gasteiger partial charge < -0.3 is 4.74 Å². The van der Waals surface area contributed by atoms with Crippen LogP contribution in [0.4, 0.5) is 0 Å². The second-order valence-electron chi connectivity index (χ2n) is 3.90. The van der Waals surface area contributed by atoms with Crippen molar-refractivity contribution in [3.63, 3.8) is 0 Å². The summed E-state index contributed by atoms with van der Waals surface area (Å²) < 4.78 is 6.11. The van der Waals surface area contributed by atoms with E-state index in [0.29, 0.717) is 0 Å². The molecule has 0 aromatic rings. The lowest BCUT2D eigenvalue weighted by molar-refractivity contribution is -0.844. The lowest BCUT2D eigenvalue weighted by Crippen LogP contribution is -2.62. The summed E-state index contributed by atoms with van der Waals surface area (Å²) in [7, 11) is 0. The topological polar surface area (TPSA) is 26.3 Å². The minimum absolute atomic E-state index is 0.302. The van der Waals surface area contributed by atoms with Gasteiger partial charge in [0.25, 0.3) is 0 Å². The normalized spacial score (nSPS) is 22.7. The second-order valence-corrected chi connectivity index (χ2v) is 4.97. The monoisotopic (exact) mass is 204 g/mol. The number of rotatable bonds is 3. The number of ether oxygens (including phenoxy) is 1. The molecule has 0 bridgehead atoms. The molecule has 0 spiro atoms. The largest absolute Gasteiger partial charge is 0.370 e. The Hall–Kier alpha value is -0.0600. The van der Waals surface area contributed by atoms with Crippen molar-refractivity contribution >= 4 is 18.2 Å². The Morgan fingerprint density at radius 3 is 2.31 bits per heavy atom. The second kappa shape index (κ2) is 3.98. The fourth-order valence-corrected chi connectivity index (χ4v) is 2.76. The molecular formula is C9H18NO2S+. The Morgan fingerprint density at radius 1 is 1.38 bits per heavy atom. The van der Waals surface area contributed by atoms with E-state index in [9.17, 15) is 4.79 Å². The predicted molar refractivity (Wildman–Crippen MR) is 54.5 cm³/mol.